The Labute approximate surface area is 102 Å². The molecule has 0 amide bonds. The fourth-order valence-corrected chi connectivity index (χ4v) is 3.02. The number of likely N-dealkylation sites (N-methyl/N-ethyl adjacent to an activating group) is 1. The first-order valence-corrected chi connectivity index (χ1v) is 6.55. The van der Waals surface area contributed by atoms with Crippen LogP contribution in [0, 0.1) is 0 Å². The summed E-state index contributed by atoms with van der Waals surface area (Å²) in [5, 5.41) is 3.60. The summed E-state index contributed by atoms with van der Waals surface area (Å²) in [6, 6.07) is 9.58. The Bertz CT molecular complexity index is 503. The molecule has 0 bridgehead atoms. The normalized spacial score (nSPS) is 24.5. The molecule has 3 nitrogen and oxygen atoms in total. The molecule has 1 aromatic heterocycles. The first-order valence-electron chi connectivity index (χ1n) is 6.55. The highest BCUT2D eigenvalue weighted by atomic mass is 15.1. The molecule has 0 aliphatic heterocycles. The molecule has 1 fully saturated rings. The topological polar surface area (TPSA) is 29.9 Å². The van der Waals surface area contributed by atoms with Crippen LogP contribution in [0.4, 0.5) is 0 Å². The molecule has 1 aromatic carbocycles. The van der Waals surface area contributed by atoms with Crippen molar-refractivity contribution in [1.82, 2.24) is 14.9 Å². The Morgan fingerprint density at radius 1 is 1.35 bits per heavy atom. The summed E-state index contributed by atoms with van der Waals surface area (Å²) in [6.45, 7) is 3.23. The summed E-state index contributed by atoms with van der Waals surface area (Å²) in [4.78, 5) is 4.49. The van der Waals surface area contributed by atoms with Gasteiger partial charge in [0.15, 0.2) is 0 Å². The maximum Gasteiger partial charge on any atom is 0.0961 e. The van der Waals surface area contributed by atoms with E-state index in [-0.39, 0.29) is 0 Å². The zero-order valence-electron chi connectivity index (χ0n) is 10.3. The summed E-state index contributed by atoms with van der Waals surface area (Å²) in [5.41, 5.74) is 2.37. The maximum absolute atomic E-state index is 4.49. The Morgan fingerprint density at radius 3 is 3.12 bits per heavy atom. The molecule has 3 heteroatoms. The zero-order valence-corrected chi connectivity index (χ0v) is 10.3. The third-order valence-corrected chi connectivity index (χ3v) is 3.78. The zero-order chi connectivity index (χ0) is 11.7. The quantitative estimate of drug-likeness (QED) is 0.877. The van der Waals surface area contributed by atoms with E-state index in [1.54, 1.807) is 0 Å². The molecule has 17 heavy (non-hydrogen) atoms. The van der Waals surface area contributed by atoms with E-state index < -0.39 is 0 Å². The third kappa shape index (κ3) is 1.84. The van der Waals surface area contributed by atoms with Crippen LogP contribution in [0.1, 0.15) is 32.2 Å². The Morgan fingerprint density at radius 2 is 2.24 bits per heavy atom. The lowest BCUT2D eigenvalue weighted by Gasteiger charge is -2.22. The highest BCUT2D eigenvalue weighted by Crippen LogP contribution is 2.32. The summed E-state index contributed by atoms with van der Waals surface area (Å²) in [7, 11) is 0. The van der Waals surface area contributed by atoms with Gasteiger partial charge in [-0.3, -0.25) is 0 Å². The first kappa shape index (κ1) is 10.8. The smallest absolute Gasteiger partial charge is 0.0961 e. The second-order valence-corrected chi connectivity index (χ2v) is 4.80. The molecule has 3 rings (SSSR count). The van der Waals surface area contributed by atoms with Crippen molar-refractivity contribution in [2.45, 2.75) is 38.3 Å². The van der Waals surface area contributed by atoms with E-state index in [0.717, 1.165) is 12.1 Å². The number of hydrogen-bond donors (Lipinski definition) is 1. The van der Waals surface area contributed by atoms with E-state index in [4.69, 9.17) is 0 Å². The predicted octanol–water partition coefficient (Wildman–Crippen LogP) is 2.74. The average Bonchev–Trinajstić information content (AvgIpc) is 2.95. The highest BCUT2D eigenvalue weighted by Gasteiger charge is 2.28. The van der Waals surface area contributed by atoms with Crippen molar-refractivity contribution in [2.24, 2.45) is 0 Å². The molecule has 2 aromatic rings. The molecule has 1 saturated carbocycles. The van der Waals surface area contributed by atoms with Crippen LogP contribution in [-0.2, 0) is 0 Å². The first-order chi connectivity index (χ1) is 8.40. The summed E-state index contributed by atoms with van der Waals surface area (Å²) in [5.74, 6) is 0. The van der Waals surface area contributed by atoms with Crippen molar-refractivity contribution in [3.8, 4) is 0 Å². The number of nitrogens with zero attached hydrogens (tertiary/aromatic N) is 2. The van der Waals surface area contributed by atoms with Crippen LogP contribution in [0.15, 0.2) is 30.6 Å². The van der Waals surface area contributed by atoms with Crippen LogP contribution >= 0.6 is 0 Å². The fraction of sp³-hybridized carbons (Fsp3) is 0.500. The lowest BCUT2D eigenvalue weighted by Crippen LogP contribution is -2.33. The number of imidazole rings is 1. The maximum atomic E-state index is 4.49. The summed E-state index contributed by atoms with van der Waals surface area (Å²) < 4.78 is 2.36. The van der Waals surface area contributed by atoms with E-state index in [1.165, 1.54) is 24.8 Å². The van der Waals surface area contributed by atoms with Gasteiger partial charge in [0.25, 0.3) is 0 Å². The van der Waals surface area contributed by atoms with Crippen LogP contribution in [0.5, 0.6) is 0 Å². The molecular formula is C14H19N3. The van der Waals surface area contributed by atoms with Gasteiger partial charge in [-0.05, 0) is 37.9 Å². The molecule has 2 unspecified atom stereocenters. The number of hydrogen-bond acceptors (Lipinski definition) is 2. The van der Waals surface area contributed by atoms with Crippen molar-refractivity contribution in [3.05, 3.63) is 30.6 Å². The van der Waals surface area contributed by atoms with Crippen molar-refractivity contribution < 1.29 is 0 Å². The van der Waals surface area contributed by atoms with Gasteiger partial charge in [-0.25, -0.2) is 4.98 Å². The number of fused-ring (bicyclic) bond motifs is 1. The lowest BCUT2D eigenvalue weighted by molar-refractivity contribution is 0.406. The van der Waals surface area contributed by atoms with Gasteiger partial charge in [-0.2, -0.15) is 0 Å². The van der Waals surface area contributed by atoms with Crippen molar-refractivity contribution in [3.63, 3.8) is 0 Å². The molecule has 0 saturated heterocycles. The SMILES string of the molecule is CCNC1CCCC1n1cnc2ccccc21. The predicted molar refractivity (Wildman–Crippen MR) is 70.1 cm³/mol. The number of rotatable bonds is 3. The van der Waals surface area contributed by atoms with Crippen LogP contribution in [0.3, 0.4) is 0 Å². The van der Waals surface area contributed by atoms with Crippen LogP contribution in [0.25, 0.3) is 11.0 Å². The van der Waals surface area contributed by atoms with Crippen LogP contribution in [0.2, 0.25) is 0 Å². The number of nitrogens with one attached hydrogen (secondary N) is 1. The van der Waals surface area contributed by atoms with Gasteiger partial charge in [0.1, 0.15) is 0 Å². The standard InChI is InChI=1S/C14H19N3/c1-2-15-11-7-5-9-14(11)17-10-16-12-6-3-4-8-13(12)17/h3-4,6,8,10-11,14-15H,2,5,7,9H2,1H3. The molecule has 90 valence electrons. The molecule has 0 spiro atoms. The second-order valence-electron chi connectivity index (χ2n) is 4.80. The lowest BCUT2D eigenvalue weighted by atomic mass is 10.1. The summed E-state index contributed by atoms with van der Waals surface area (Å²) >= 11 is 0. The second kappa shape index (κ2) is 4.49. The van der Waals surface area contributed by atoms with Crippen LogP contribution < -0.4 is 5.32 Å². The van der Waals surface area contributed by atoms with E-state index >= 15 is 0 Å². The Kier molecular flexibility index (Phi) is 2.85. The van der Waals surface area contributed by atoms with Gasteiger partial charge in [-0.1, -0.05) is 19.1 Å². The van der Waals surface area contributed by atoms with E-state index in [2.05, 4.69) is 46.1 Å². The van der Waals surface area contributed by atoms with Gasteiger partial charge >= 0.3 is 0 Å². The van der Waals surface area contributed by atoms with E-state index in [1.807, 2.05) is 6.33 Å². The molecule has 2 atom stereocenters. The molecule has 1 aliphatic carbocycles. The Hall–Kier alpha value is -1.35. The average molecular weight is 229 g/mol. The van der Waals surface area contributed by atoms with Gasteiger partial charge in [-0.15, -0.1) is 0 Å². The van der Waals surface area contributed by atoms with Gasteiger partial charge < -0.3 is 9.88 Å². The molecule has 1 heterocycles. The molecule has 1 aliphatic rings. The molecule has 1 N–H and O–H groups in total. The summed E-state index contributed by atoms with van der Waals surface area (Å²) in [6.07, 6.45) is 5.86. The number of aromatic nitrogens is 2. The van der Waals surface area contributed by atoms with E-state index in [0.29, 0.717) is 12.1 Å². The minimum absolute atomic E-state index is 0.572. The minimum atomic E-state index is 0.572. The van der Waals surface area contributed by atoms with Gasteiger partial charge in [0, 0.05) is 6.04 Å². The molecule has 0 radical (unpaired) electrons. The minimum Gasteiger partial charge on any atom is -0.326 e. The van der Waals surface area contributed by atoms with Crippen molar-refractivity contribution in [1.29, 1.82) is 0 Å². The van der Waals surface area contributed by atoms with E-state index in [9.17, 15) is 0 Å². The third-order valence-electron chi connectivity index (χ3n) is 3.78. The largest absolute Gasteiger partial charge is 0.326 e. The van der Waals surface area contributed by atoms with Crippen molar-refractivity contribution >= 4 is 11.0 Å². The number of para-hydroxylation sites is 2. The van der Waals surface area contributed by atoms with Crippen molar-refractivity contribution in [2.75, 3.05) is 6.54 Å². The monoisotopic (exact) mass is 229 g/mol. The Balaban J connectivity index is 1.97. The van der Waals surface area contributed by atoms with Gasteiger partial charge in [0.05, 0.1) is 23.4 Å². The van der Waals surface area contributed by atoms with Gasteiger partial charge in [0.2, 0.25) is 0 Å². The van der Waals surface area contributed by atoms with Crippen LogP contribution in [-0.4, -0.2) is 22.1 Å². The molecular weight excluding hydrogens is 210 g/mol. The number of benzene rings is 1. The fourth-order valence-electron chi connectivity index (χ4n) is 3.02. The highest BCUT2D eigenvalue weighted by molar-refractivity contribution is 5.75.